The van der Waals surface area contributed by atoms with Gasteiger partial charge in [-0.25, -0.2) is 4.99 Å². The van der Waals surface area contributed by atoms with E-state index in [9.17, 15) is 4.79 Å². The summed E-state index contributed by atoms with van der Waals surface area (Å²) in [5.41, 5.74) is 3.78. The van der Waals surface area contributed by atoms with Gasteiger partial charge in [0.25, 0.3) is 5.91 Å². The van der Waals surface area contributed by atoms with Gasteiger partial charge in [-0.1, -0.05) is 41.9 Å². The molecule has 0 spiro atoms. The van der Waals surface area contributed by atoms with E-state index in [0.717, 1.165) is 22.5 Å². The maximum absolute atomic E-state index is 13.0. The fraction of sp³-hybridized carbons (Fsp3) is 0.150. The molecule has 0 saturated heterocycles. The lowest BCUT2D eigenvalue weighted by Crippen LogP contribution is -2.33. The molecule has 0 N–H and O–H groups in total. The molecule has 2 aliphatic heterocycles. The van der Waals surface area contributed by atoms with E-state index in [1.165, 1.54) is 0 Å². The molecule has 1 amide bonds. The van der Waals surface area contributed by atoms with Crippen molar-refractivity contribution in [3.63, 3.8) is 0 Å². The first-order chi connectivity index (χ1) is 12.5. The summed E-state index contributed by atoms with van der Waals surface area (Å²) < 4.78 is 0. The molecule has 2 heterocycles. The minimum absolute atomic E-state index is 0.151. The van der Waals surface area contributed by atoms with Crippen molar-refractivity contribution in [1.82, 2.24) is 4.90 Å². The summed E-state index contributed by atoms with van der Waals surface area (Å²) in [5, 5.41) is 0.600. The van der Waals surface area contributed by atoms with Gasteiger partial charge in [-0.3, -0.25) is 14.7 Å². The molecule has 0 aliphatic carbocycles. The van der Waals surface area contributed by atoms with Crippen molar-refractivity contribution < 1.29 is 4.79 Å². The van der Waals surface area contributed by atoms with E-state index in [4.69, 9.17) is 16.6 Å². The van der Waals surface area contributed by atoms with Crippen LogP contribution in [0.1, 0.15) is 11.1 Å². The zero-order valence-electron chi connectivity index (χ0n) is 14.5. The van der Waals surface area contributed by atoms with Crippen LogP contribution in [0.4, 0.5) is 5.69 Å². The van der Waals surface area contributed by atoms with Gasteiger partial charge in [0.2, 0.25) is 0 Å². The normalized spacial score (nSPS) is 17.4. The van der Waals surface area contributed by atoms with Crippen LogP contribution in [0, 0.1) is 0 Å². The quantitative estimate of drug-likeness (QED) is 0.767. The van der Waals surface area contributed by atoms with Crippen LogP contribution in [0.5, 0.6) is 0 Å². The minimum atomic E-state index is -0.151. The fourth-order valence-electron chi connectivity index (χ4n) is 3.12. The highest BCUT2D eigenvalue weighted by Crippen LogP contribution is 2.33. The second-order valence-electron chi connectivity index (χ2n) is 6.34. The van der Waals surface area contributed by atoms with Gasteiger partial charge in [0.05, 0.1) is 17.9 Å². The minimum Gasteiger partial charge on any atom is -0.382 e. The fourth-order valence-corrected chi connectivity index (χ4v) is 3.29. The lowest BCUT2D eigenvalue weighted by Gasteiger charge is -2.19. The highest BCUT2D eigenvalue weighted by atomic mass is 35.5. The number of hydrogen-bond acceptors (Lipinski definition) is 4. The lowest BCUT2D eigenvalue weighted by molar-refractivity contribution is -0.114. The Labute approximate surface area is 156 Å². The van der Waals surface area contributed by atoms with Crippen molar-refractivity contribution in [2.75, 3.05) is 25.5 Å². The molecule has 2 aromatic carbocycles. The number of hydrogen-bond donors (Lipinski definition) is 0. The van der Waals surface area contributed by atoms with Crippen LogP contribution < -0.4 is 4.90 Å². The highest BCUT2D eigenvalue weighted by molar-refractivity contribution is 6.34. The smallest absolute Gasteiger partial charge is 0.284 e. The SMILES string of the molecule is CN(C)C=C1N=C2CN=C(c3ccccc3)c3cc(Cl)ccc3N2C1=O. The van der Waals surface area contributed by atoms with Crippen molar-refractivity contribution in [3.05, 3.63) is 76.6 Å². The number of amidine groups is 1. The van der Waals surface area contributed by atoms with E-state index in [1.807, 2.05) is 61.5 Å². The Morgan fingerprint density at radius 3 is 2.65 bits per heavy atom. The predicted molar refractivity (Wildman–Crippen MR) is 105 cm³/mol. The summed E-state index contributed by atoms with van der Waals surface area (Å²) >= 11 is 6.25. The van der Waals surface area contributed by atoms with Crippen molar-refractivity contribution in [1.29, 1.82) is 0 Å². The Morgan fingerprint density at radius 1 is 1.15 bits per heavy atom. The molecule has 130 valence electrons. The average molecular weight is 365 g/mol. The Bertz CT molecular complexity index is 977. The van der Waals surface area contributed by atoms with Gasteiger partial charge in [-0.05, 0) is 18.2 Å². The maximum Gasteiger partial charge on any atom is 0.284 e. The molecule has 2 aromatic rings. The molecule has 0 atom stereocenters. The van der Waals surface area contributed by atoms with Gasteiger partial charge in [-0.2, -0.15) is 0 Å². The van der Waals surface area contributed by atoms with Crippen LogP contribution in [0.2, 0.25) is 5.02 Å². The summed E-state index contributed by atoms with van der Waals surface area (Å²) in [7, 11) is 3.73. The van der Waals surface area contributed by atoms with E-state index in [2.05, 4.69) is 4.99 Å². The average Bonchev–Trinajstić information content (AvgIpc) is 2.82. The molecular weight excluding hydrogens is 348 g/mol. The number of amides is 1. The molecule has 4 rings (SSSR count). The highest BCUT2D eigenvalue weighted by Gasteiger charge is 2.35. The van der Waals surface area contributed by atoms with Crippen molar-refractivity contribution in [3.8, 4) is 0 Å². The molecule has 26 heavy (non-hydrogen) atoms. The second-order valence-corrected chi connectivity index (χ2v) is 6.78. The number of aliphatic imine (C=N–C) groups is 2. The predicted octanol–water partition coefficient (Wildman–Crippen LogP) is 3.34. The van der Waals surface area contributed by atoms with Gasteiger partial charge in [0.15, 0.2) is 0 Å². The van der Waals surface area contributed by atoms with E-state index in [1.54, 1.807) is 17.2 Å². The lowest BCUT2D eigenvalue weighted by atomic mass is 10.00. The third kappa shape index (κ3) is 2.80. The Hall–Kier alpha value is -2.92. The summed E-state index contributed by atoms with van der Waals surface area (Å²) in [6.07, 6.45) is 1.72. The second kappa shape index (κ2) is 6.42. The molecule has 0 aromatic heterocycles. The summed E-state index contributed by atoms with van der Waals surface area (Å²) in [4.78, 5) is 25.7. The van der Waals surface area contributed by atoms with Crippen LogP contribution in [0.15, 0.2) is 70.4 Å². The van der Waals surface area contributed by atoms with Gasteiger partial charge in [0.1, 0.15) is 11.5 Å². The van der Waals surface area contributed by atoms with Gasteiger partial charge in [-0.15, -0.1) is 0 Å². The summed E-state index contributed by atoms with van der Waals surface area (Å²) in [6.45, 7) is 0.326. The Morgan fingerprint density at radius 2 is 1.92 bits per heavy atom. The van der Waals surface area contributed by atoms with Crippen LogP contribution in [0.3, 0.4) is 0 Å². The number of halogens is 1. The Kier molecular flexibility index (Phi) is 4.09. The summed E-state index contributed by atoms with van der Waals surface area (Å²) in [6, 6.07) is 15.4. The van der Waals surface area contributed by atoms with Crippen molar-refractivity contribution >= 4 is 34.7 Å². The molecule has 0 radical (unpaired) electrons. The van der Waals surface area contributed by atoms with Crippen LogP contribution in [-0.4, -0.2) is 43.0 Å². The van der Waals surface area contributed by atoms with Crippen LogP contribution >= 0.6 is 11.6 Å². The number of carbonyl (C=O) groups excluding carboxylic acids is 1. The Balaban J connectivity index is 1.91. The first kappa shape index (κ1) is 16.5. The van der Waals surface area contributed by atoms with Crippen molar-refractivity contribution in [2.24, 2.45) is 9.98 Å². The molecule has 0 saturated carbocycles. The number of fused-ring (bicyclic) bond motifs is 3. The maximum atomic E-state index is 13.0. The zero-order chi connectivity index (χ0) is 18.3. The van der Waals surface area contributed by atoms with Crippen LogP contribution in [-0.2, 0) is 4.79 Å². The first-order valence-electron chi connectivity index (χ1n) is 8.24. The standard InChI is InChI=1S/C20H17ClN4O/c1-24(2)12-16-20(26)25-17-9-8-14(21)10-15(17)19(22-11-18(25)23-16)13-6-4-3-5-7-13/h3-10,12H,11H2,1-2H3. The van der Waals surface area contributed by atoms with Crippen LogP contribution in [0.25, 0.3) is 0 Å². The molecule has 6 heteroatoms. The van der Waals surface area contributed by atoms with Gasteiger partial charge < -0.3 is 4.90 Å². The molecule has 0 fully saturated rings. The van der Waals surface area contributed by atoms with E-state index < -0.39 is 0 Å². The third-order valence-electron chi connectivity index (χ3n) is 4.19. The van der Waals surface area contributed by atoms with E-state index in [0.29, 0.717) is 23.1 Å². The molecule has 0 unspecified atom stereocenters. The monoisotopic (exact) mass is 364 g/mol. The molecule has 2 aliphatic rings. The number of nitrogens with zero attached hydrogens (tertiary/aromatic N) is 4. The summed E-state index contributed by atoms with van der Waals surface area (Å²) in [5.74, 6) is 0.472. The molecule has 0 bridgehead atoms. The van der Waals surface area contributed by atoms with Crippen molar-refractivity contribution in [2.45, 2.75) is 0 Å². The zero-order valence-corrected chi connectivity index (χ0v) is 15.2. The topological polar surface area (TPSA) is 48.3 Å². The number of benzene rings is 2. The van der Waals surface area contributed by atoms with Gasteiger partial charge in [0, 0.05) is 36.4 Å². The largest absolute Gasteiger partial charge is 0.382 e. The number of carbonyl (C=O) groups is 1. The van der Waals surface area contributed by atoms with E-state index in [-0.39, 0.29) is 5.91 Å². The third-order valence-corrected chi connectivity index (χ3v) is 4.43. The number of rotatable bonds is 2. The van der Waals surface area contributed by atoms with Gasteiger partial charge >= 0.3 is 0 Å². The first-order valence-corrected chi connectivity index (χ1v) is 8.62. The van der Waals surface area contributed by atoms with E-state index >= 15 is 0 Å². The molecular formula is C20H17ClN4O. The number of anilines is 1. The molecule has 5 nitrogen and oxygen atoms in total.